The first-order valence-corrected chi connectivity index (χ1v) is 10.3. The largest absolute Gasteiger partial charge is 0.394 e. The van der Waals surface area contributed by atoms with Crippen LogP contribution in [0.25, 0.3) is 0 Å². The van der Waals surface area contributed by atoms with Crippen LogP contribution in [0.15, 0.2) is 39.6 Å². The number of carbonyl (C=O) groups is 1. The number of aliphatic imine (C=N–C) groups is 1. The van der Waals surface area contributed by atoms with Gasteiger partial charge in [-0.25, -0.2) is 18.7 Å². The summed E-state index contributed by atoms with van der Waals surface area (Å²) in [7, 11) is 1.22. The fourth-order valence-electron chi connectivity index (χ4n) is 2.40. The third kappa shape index (κ3) is 7.08. The van der Waals surface area contributed by atoms with Crippen LogP contribution in [-0.2, 0) is 9.68 Å². The average molecular weight is 581 g/mol. The lowest BCUT2D eigenvalue weighted by Crippen LogP contribution is -2.27. The number of nitrogens with one attached hydrogen (secondary N) is 2. The van der Waals surface area contributed by atoms with Crippen molar-refractivity contribution in [2.24, 2.45) is 15.4 Å². The van der Waals surface area contributed by atoms with Crippen LogP contribution in [0.2, 0.25) is 0 Å². The Morgan fingerprint density at radius 2 is 1.82 bits per heavy atom. The number of hydroxylamine groups is 1. The molecule has 10 nitrogen and oxygen atoms in total. The van der Waals surface area contributed by atoms with E-state index in [-0.39, 0.29) is 25.5 Å². The van der Waals surface area contributed by atoms with Crippen molar-refractivity contribution in [3.63, 3.8) is 0 Å². The molecule has 178 valence electrons. The van der Waals surface area contributed by atoms with E-state index in [1.807, 2.05) is 28.1 Å². The molecule has 0 aliphatic carbocycles. The fraction of sp³-hybridized carbons (Fsp3) is 0.263. The molecule has 0 fully saturated rings. The number of aliphatic hydroxyl groups excluding tert-OH is 2. The number of hydrogen-bond donors (Lipinski definition) is 4. The maximum Gasteiger partial charge on any atom is 0.277 e. The van der Waals surface area contributed by atoms with Gasteiger partial charge >= 0.3 is 0 Å². The van der Waals surface area contributed by atoms with Crippen LogP contribution >= 0.6 is 22.6 Å². The average Bonchev–Trinajstić information content (AvgIpc) is 2.79. The number of amides is 1. The molecule has 0 saturated carbocycles. The van der Waals surface area contributed by atoms with Gasteiger partial charge in [0, 0.05) is 15.9 Å². The molecule has 4 N–H and O–H groups in total. The summed E-state index contributed by atoms with van der Waals surface area (Å²) in [6.07, 6.45) is 0. The van der Waals surface area contributed by atoms with E-state index in [1.165, 1.54) is 19.2 Å². The van der Waals surface area contributed by atoms with Crippen molar-refractivity contribution in [1.82, 2.24) is 5.48 Å². The van der Waals surface area contributed by atoms with Gasteiger partial charge in [-0.3, -0.25) is 14.6 Å². The van der Waals surface area contributed by atoms with Crippen LogP contribution in [0.4, 0.5) is 24.5 Å². The molecule has 2 aromatic carbocycles. The summed E-state index contributed by atoms with van der Waals surface area (Å²) >= 11 is 1.87. The van der Waals surface area contributed by atoms with Gasteiger partial charge in [-0.2, -0.15) is 0 Å². The van der Waals surface area contributed by atoms with E-state index >= 15 is 4.39 Å². The van der Waals surface area contributed by atoms with Crippen molar-refractivity contribution in [2.45, 2.75) is 0 Å². The maximum atomic E-state index is 15.1. The van der Waals surface area contributed by atoms with E-state index in [0.29, 0.717) is 3.57 Å². The van der Waals surface area contributed by atoms with Gasteiger partial charge in [-0.05, 0) is 46.9 Å². The summed E-state index contributed by atoms with van der Waals surface area (Å²) in [5, 5.41) is 26.6. The summed E-state index contributed by atoms with van der Waals surface area (Å²) in [5.74, 6) is -5.19. The summed E-state index contributed by atoms with van der Waals surface area (Å²) in [5.41, 5.74) is 0.0530. The number of nitrogens with zero attached hydrogens (tertiary/aromatic N) is 3. The van der Waals surface area contributed by atoms with Crippen LogP contribution in [0.3, 0.4) is 0 Å². The molecule has 0 aromatic heterocycles. The number of anilines is 2. The number of hydrogen-bond acceptors (Lipinski definition) is 8. The molecular weight excluding hydrogens is 562 g/mol. The Hall–Kier alpha value is -2.82. The molecule has 0 spiro atoms. The van der Waals surface area contributed by atoms with Crippen molar-refractivity contribution < 1.29 is 37.9 Å². The molecule has 0 unspecified atom stereocenters. The molecule has 0 aliphatic heterocycles. The number of halogens is 4. The lowest BCUT2D eigenvalue weighted by molar-refractivity contribution is 0.0168. The van der Waals surface area contributed by atoms with Gasteiger partial charge < -0.3 is 20.4 Å². The molecule has 0 aliphatic rings. The zero-order valence-electron chi connectivity index (χ0n) is 17.1. The normalized spacial score (nSPS) is 11.7. The minimum atomic E-state index is -1.52. The molecular formula is C19H19F3IN5O5. The summed E-state index contributed by atoms with van der Waals surface area (Å²) < 4.78 is 44.9. The number of benzene rings is 2. The monoisotopic (exact) mass is 581 g/mol. The van der Waals surface area contributed by atoms with E-state index in [9.17, 15) is 13.6 Å². The van der Waals surface area contributed by atoms with E-state index in [0.717, 1.165) is 12.1 Å². The van der Waals surface area contributed by atoms with Gasteiger partial charge in [0.2, 0.25) is 0 Å². The Labute approximate surface area is 199 Å². The van der Waals surface area contributed by atoms with E-state index < -0.39 is 52.6 Å². The topological polar surface area (TPSA) is 137 Å². The highest BCUT2D eigenvalue weighted by Gasteiger charge is 2.26. The van der Waals surface area contributed by atoms with Crippen LogP contribution in [-0.4, -0.2) is 55.4 Å². The van der Waals surface area contributed by atoms with E-state index in [4.69, 9.17) is 15.1 Å². The summed E-state index contributed by atoms with van der Waals surface area (Å²) in [6, 6.07) is 4.88. The SMILES string of the molecule is CN=C(N=NOCCO)c1cc(C(=O)NOCCO)c(Nc2ccc(I)cc2F)c(F)c1F. The van der Waals surface area contributed by atoms with Crippen LogP contribution in [0.5, 0.6) is 0 Å². The zero-order chi connectivity index (χ0) is 24.4. The molecule has 33 heavy (non-hydrogen) atoms. The first kappa shape index (κ1) is 26.4. The highest BCUT2D eigenvalue weighted by molar-refractivity contribution is 14.1. The molecule has 1 amide bonds. The molecule has 0 heterocycles. The van der Waals surface area contributed by atoms with Gasteiger partial charge in [0.25, 0.3) is 5.91 Å². The zero-order valence-corrected chi connectivity index (χ0v) is 19.3. The van der Waals surface area contributed by atoms with Gasteiger partial charge in [-0.1, -0.05) is 5.11 Å². The standard InChI is InChI=1S/C19H19F3IN5O5/c1-24-18(26-28-33-7-5-30)11-9-12(19(31)27-32-6-4-29)17(16(22)15(11)21)25-14-3-2-10(23)8-13(14)20/h2-3,8-9,25,29-30H,4-7H2,1H3,(H,27,31). The Morgan fingerprint density at radius 3 is 2.45 bits per heavy atom. The Bertz CT molecular complexity index is 1050. The van der Waals surface area contributed by atoms with E-state index in [2.05, 4.69) is 25.5 Å². The van der Waals surface area contributed by atoms with Crippen molar-refractivity contribution in [3.8, 4) is 0 Å². The molecule has 0 radical (unpaired) electrons. The Kier molecular flexibility index (Phi) is 10.4. The van der Waals surface area contributed by atoms with Gasteiger partial charge in [0.15, 0.2) is 17.5 Å². The highest BCUT2D eigenvalue weighted by Crippen LogP contribution is 2.31. The van der Waals surface area contributed by atoms with Crippen LogP contribution in [0, 0.1) is 21.0 Å². The highest BCUT2D eigenvalue weighted by atomic mass is 127. The van der Waals surface area contributed by atoms with Crippen molar-refractivity contribution in [1.29, 1.82) is 0 Å². The number of rotatable bonds is 10. The second-order valence-corrected chi connectivity index (χ2v) is 7.26. The third-order valence-electron chi connectivity index (χ3n) is 3.83. The van der Waals surface area contributed by atoms with Gasteiger partial charge in [0.1, 0.15) is 12.4 Å². The number of carbonyl (C=O) groups excluding carboxylic acids is 1. The van der Waals surface area contributed by atoms with Crippen LogP contribution in [0.1, 0.15) is 15.9 Å². The summed E-state index contributed by atoms with van der Waals surface area (Å²) in [6.45, 7) is -1.23. The lowest BCUT2D eigenvalue weighted by Gasteiger charge is -2.16. The molecule has 2 rings (SSSR count). The summed E-state index contributed by atoms with van der Waals surface area (Å²) in [4.78, 5) is 25.7. The van der Waals surface area contributed by atoms with Gasteiger partial charge in [-0.15, -0.1) is 0 Å². The number of aliphatic hydroxyl groups is 2. The van der Waals surface area contributed by atoms with Crippen molar-refractivity contribution in [3.05, 3.63) is 56.4 Å². The maximum absolute atomic E-state index is 15.1. The smallest absolute Gasteiger partial charge is 0.277 e. The second kappa shape index (κ2) is 13.0. The first-order valence-electron chi connectivity index (χ1n) is 9.22. The third-order valence-corrected chi connectivity index (χ3v) is 4.50. The molecule has 14 heteroatoms. The van der Waals surface area contributed by atoms with Crippen molar-refractivity contribution >= 4 is 45.7 Å². The minimum absolute atomic E-state index is 0.197. The molecule has 0 atom stereocenters. The fourth-order valence-corrected chi connectivity index (χ4v) is 2.85. The molecule has 0 saturated heterocycles. The van der Waals surface area contributed by atoms with Crippen molar-refractivity contribution in [2.75, 3.05) is 38.8 Å². The minimum Gasteiger partial charge on any atom is -0.394 e. The van der Waals surface area contributed by atoms with Crippen LogP contribution < -0.4 is 10.8 Å². The Balaban J connectivity index is 2.56. The van der Waals surface area contributed by atoms with E-state index in [1.54, 1.807) is 0 Å². The first-order chi connectivity index (χ1) is 15.8. The predicted octanol–water partition coefficient (Wildman–Crippen LogP) is 2.86. The lowest BCUT2D eigenvalue weighted by atomic mass is 10.0. The predicted molar refractivity (Wildman–Crippen MR) is 120 cm³/mol. The number of amidine groups is 1. The second-order valence-electron chi connectivity index (χ2n) is 6.01. The Morgan fingerprint density at radius 1 is 1.09 bits per heavy atom. The molecule has 2 aromatic rings. The van der Waals surface area contributed by atoms with Gasteiger partial charge in [0.05, 0.1) is 42.3 Å². The quantitative estimate of drug-likeness (QED) is 0.0851. The molecule has 0 bridgehead atoms.